The summed E-state index contributed by atoms with van der Waals surface area (Å²) >= 11 is 5.98. The van der Waals surface area contributed by atoms with Crippen LogP contribution in [0.15, 0.2) is 12.1 Å². The number of amides is 1. The number of carbonyl (C=O) groups is 1. The Balaban J connectivity index is 2.97. The first kappa shape index (κ1) is 16.4. The topological polar surface area (TPSA) is 56.8 Å². The number of methoxy groups -OCH3 is 3. The lowest BCUT2D eigenvalue weighted by atomic mass is 10.1. The van der Waals surface area contributed by atoms with Gasteiger partial charge in [0.05, 0.1) is 26.7 Å². The largest absolute Gasteiger partial charge is 0.493 e. The normalized spacial score (nSPS) is 11.7. The van der Waals surface area contributed by atoms with Crippen molar-refractivity contribution in [3.05, 3.63) is 17.7 Å². The van der Waals surface area contributed by atoms with Gasteiger partial charge in [-0.05, 0) is 18.6 Å². The fraction of sp³-hybridized carbons (Fsp3) is 0.500. The fourth-order valence-corrected chi connectivity index (χ4v) is 1.74. The maximum Gasteiger partial charge on any atom is 0.251 e. The van der Waals surface area contributed by atoms with E-state index in [4.69, 9.17) is 25.8 Å². The molecule has 0 aliphatic heterocycles. The third-order valence-electron chi connectivity index (χ3n) is 2.85. The second-order valence-corrected chi connectivity index (χ2v) is 4.75. The van der Waals surface area contributed by atoms with Crippen LogP contribution in [0.25, 0.3) is 0 Å². The van der Waals surface area contributed by atoms with Crippen molar-refractivity contribution in [1.82, 2.24) is 5.32 Å². The molecule has 1 amide bonds. The van der Waals surface area contributed by atoms with Gasteiger partial charge in [-0.3, -0.25) is 4.79 Å². The van der Waals surface area contributed by atoms with Gasteiger partial charge in [0, 0.05) is 12.1 Å². The minimum Gasteiger partial charge on any atom is -0.493 e. The number of hydrogen-bond acceptors (Lipinski definition) is 4. The molecule has 1 N–H and O–H groups in total. The monoisotopic (exact) mass is 301 g/mol. The molecule has 0 aliphatic carbocycles. The lowest BCUT2D eigenvalue weighted by Crippen LogP contribution is -2.29. The van der Waals surface area contributed by atoms with Gasteiger partial charge in [0.25, 0.3) is 5.91 Å². The Hall–Kier alpha value is -1.62. The van der Waals surface area contributed by atoms with Crippen molar-refractivity contribution in [2.75, 3.05) is 27.9 Å². The zero-order valence-corrected chi connectivity index (χ0v) is 12.9. The second-order valence-electron chi connectivity index (χ2n) is 4.13. The summed E-state index contributed by atoms with van der Waals surface area (Å²) in [6.07, 6.45) is 0.789. The van der Waals surface area contributed by atoms with Crippen LogP contribution < -0.4 is 19.5 Å². The number of benzene rings is 1. The van der Waals surface area contributed by atoms with Crippen LogP contribution in [0.2, 0.25) is 0 Å². The lowest BCUT2D eigenvalue weighted by Gasteiger charge is -2.14. The van der Waals surface area contributed by atoms with Crippen molar-refractivity contribution in [2.45, 2.75) is 18.7 Å². The summed E-state index contributed by atoms with van der Waals surface area (Å²) in [5.74, 6) is 1.10. The number of halogens is 1. The molecule has 1 aromatic rings. The smallest absolute Gasteiger partial charge is 0.251 e. The Bertz CT molecular complexity index is 439. The molecule has 1 unspecified atom stereocenters. The highest BCUT2D eigenvalue weighted by Crippen LogP contribution is 2.38. The van der Waals surface area contributed by atoms with Crippen LogP contribution in [0.5, 0.6) is 17.2 Å². The predicted molar refractivity (Wildman–Crippen MR) is 78.4 cm³/mol. The molecule has 1 rings (SSSR count). The second kappa shape index (κ2) is 7.85. The molecular weight excluding hydrogens is 282 g/mol. The molecular formula is C14H20ClNO4. The zero-order valence-electron chi connectivity index (χ0n) is 12.2. The van der Waals surface area contributed by atoms with Crippen molar-refractivity contribution in [2.24, 2.45) is 0 Å². The maximum absolute atomic E-state index is 12.1. The molecule has 0 radical (unpaired) electrons. The Kier molecular flexibility index (Phi) is 6.45. The van der Waals surface area contributed by atoms with E-state index in [-0.39, 0.29) is 11.3 Å². The Morgan fingerprint density at radius 3 is 2.15 bits per heavy atom. The van der Waals surface area contributed by atoms with Gasteiger partial charge in [-0.2, -0.15) is 0 Å². The van der Waals surface area contributed by atoms with E-state index in [1.54, 1.807) is 12.1 Å². The Morgan fingerprint density at radius 1 is 1.20 bits per heavy atom. The number of nitrogens with one attached hydrogen (secondary N) is 1. The van der Waals surface area contributed by atoms with E-state index in [1.165, 1.54) is 21.3 Å². The van der Waals surface area contributed by atoms with Gasteiger partial charge >= 0.3 is 0 Å². The van der Waals surface area contributed by atoms with Gasteiger partial charge in [-0.1, -0.05) is 6.92 Å². The Labute approximate surface area is 124 Å². The number of alkyl halides is 1. The maximum atomic E-state index is 12.1. The van der Waals surface area contributed by atoms with Crippen molar-refractivity contribution >= 4 is 17.5 Å². The minimum atomic E-state index is -0.233. The molecule has 1 atom stereocenters. The van der Waals surface area contributed by atoms with Crippen LogP contribution in [-0.4, -0.2) is 39.2 Å². The number of ether oxygens (including phenoxy) is 3. The summed E-state index contributed by atoms with van der Waals surface area (Å²) in [4.78, 5) is 12.1. The van der Waals surface area contributed by atoms with Crippen molar-refractivity contribution in [1.29, 1.82) is 0 Å². The minimum absolute atomic E-state index is 0.0824. The summed E-state index contributed by atoms with van der Waals surface area (Å²) in [6, 6.07) is 3.21. The first-order chi connectivity index (χ1) is 9.57. The van der Waals surface area contributed by atoms with E-state index < -0.39 is 0 Å². The van der Waals surface area contributed by atoms with Crippen molar-refractivity contribution in [3.63, 3.8) is 0 Å². The number of rotatable bonds is 7. The first-order valence-corrected chi connectivity index (χ1v) is 6.73. The van der Waals surface area contributed by atoms with Crippen molar-refractivity contribution < 1.29 is 19.0 Å². The van der Waals surface area contributed by atoms with E-state index in [2.05, 4.69) is 5.32 Å². The molecule has 0 saturated carbocycles. The van der Waals surface area contributed by atoms with Crippen LogP contribution in [0.3, 0.4) is 0 Å². The van der Waals surface area contributed by atoms with E-state index in [0.29, 0.717) is 29.4 Å². The van der Waals surface area contributed by atoms with E-state index >= 15 is 0 Å². The molecule has 5 nitrogen and oxygen atoms in total. The summed E-state index contributed by atoms with van der Waals surface area (Å²) in [6.45, 7) is 2.37. The van der Waals surface area contributed by atoms with Crippen LogP contribution in [0.1, 0.15) is 23.7 Å². The molecule has 0 spiro atoms. The number of hydrogen-bond donors (Lipinski definition) is 1. The van der Waals surface area contributed by atoms with Crippen molar-refractivity contribution in [3.8, 4) is 17.2 Å². The molecule has 0 bridgehead atoms. The van der Waals surface area contributed by atoms with Gasteiger partial charge in [0.1, 0.15) is 0 Å². The van der Waals surface area contributed by atoms with Gasteiger partial charge in [0.15, 0.2) is 11.5 Å². The quantitative estimate of drug-likeness (QED) is 0.786. The zero-order chi connectivity index (χ0) is 15.1. The van der Waals surface area contributed by atoms with Gasteiger partial charge in [0.2, 0.25) is 5.75 Å². The fourth-order valence-electron chi connectivity index (χ4n) is 1.66. The Morgan fingerprint density at radius 2 is 1.75 bits per heavy atom. The van der Waals surface area contributed by atoms with Crippen LogP contribution in [-0.2, 0) is 0 Å². The number of carbonyl (C=O) groups excluding carboxylic acids is 1. The first-order valence-electron chi connectivity index (χ1n) is 6.29. The molecule has 0 saturated heterocycles. The summed E-state index contributed by atoms with van der Waals surface area (Å²) in [5, 5.41) is 2.68. The highest BCUT2D eigenvalue weighted by molar-refractivity contribution is 6.20. The van der Waals surface area contributed by atoms with Crippen LogP contribution in [0, 0.1) is 0 Å². The molecule has 0 aliphatic rings. The predicted octanol–water partition coefficient (Wildman–Crippen LogP) is 2.46. The highest BCUT2D eigenvalue weighted by Gasteiger charge is 2.17. The molecule has 1 aromatic carbocycles. The van der Waals surface area contributed by atoms with Gasteiger partial charge in [-0.25, -0.2) is 0 Å². The average Bonchev–Trinajstić information content (AvgIpc) is 2.50. The molecule has 0 aromatic heterocycles. The van der Waals surface area contributed by atoms with Crippen LogP contribution in [0.4, 0.5) is 0 Å². The average molecular weight is 302 g/mol. The molecule has 6 heteroatoms. The lowest BCUT2D eigenvalue weighted by molar-refractivity contribution is 0.0952. The third kappa shape index (κ3) is 3.93. The SMILES string of the molecule is CCC(Cl)CNC(=O)c1cc(OC)c(OC)c(OC)c1. The molecule has 20 heavy (non-hydrogen) atoms. The summed E-state index contributed by atoms with van der Waals surface area (Å²) in [5.41, 5.74) is 0.430. The summed E-state index contributed by atoms with van der Waals surface area (Å²) < 4.78 is 15.6. The molecule has 0 heterocycles. The standard InChI is InChI=1S/C14H20ClNO4/c1-5-10(15)8-16-14(17)9-6-11(18-2)13(20-4)12(7-9)19-3/h6-7,10H,5,8H2,1-4H3,(H,16,17). The molecule has 112 valence electrons. The van der Waals surface area contributed by atoms with Crippen LogP contribution >= 0.6 is 11.6 Å². The highest BCUT2D eigenvalue weighted by atomic mass is 35.5. The third-order valence-corrected chi connectivity index (χ3v) is 3.32. The molecule has 0 fully saturated rings. The van der Waals surface area contributed by atoms with E-state index in [0.717, 1.165) is 6.42 Å². The summed E-state index contributed by atoms with van der Waals surface area (Å²) in [7, 11) is 4.52. The van der Waals surface area contributed by atoms with E-state index in [9.17, 15) is 4.79 Å². The van der Waals surface area contributed by atoms with Gasteiger partial charge < -0.3 is 19.5 Å². The van der Waals surface area contributed by atoms with E-state index in [1.807, 2.05) is 6.92 Å². The van der Waals surface area contributed by atoms with Gasteiger partial charge in [-0.15, -0.1) is 11.6 Å².